The molecule has 0 atom stereocenters. The highest BCUT2D eigenvalue weighted by atomic mass is 16.1. The Hall–Kier alpha value is -1.15. The van der Waals surface area contributed by atoms with Crippen molar-refractivity contribution in [2.75, 3.05) is 0 Å². The van der Waals surface area contributed by atoms with Crippen LogP contribution in [0.2, 0.25) is 0 Å². The summed E-state index contributed by atoms with van der Waals surface area (Å²) in [6.07, 6.45) is 0.961. The molecular formula is C11H15NO. The largest absolute Gasteiger partial charge is 0.326 e. The average molecular weight is 177 g/mol. The van der Waals surface area contributed by atoms with E-state index in [-0.39, 0.29) is 0 Å². The molecule has 2 N–H and O–H groups in total. The summed E-state index contributed by atoms with van der Waals surface area (Å²) in [7, 11) is 0. The molecule has 0 unspecified atom stereocenters. The van der Waals surface area contributed by atoms with Crippen molar-refractivity contribution in [1.82, 2.24) is 0 Å². The third-order valence-electron chi connectivity index (χ3n) is 2.20. The lowest BCUT2D eigenvalue weighted by molar-refractivity contribution is -0.111. The molecule has 0 bridgehead atoms. The minimum atomic E-state index is -0.412. The molecule has 1 aromatic carbocycles. The number of carbonyl (C=O) groups excluding carboxylic acids is 1. The van der Waals surface area contributed by atoms with Crippen LogP contribution in [-0.4, -0.2) is 6.29 Å². The smallest absolute Gasteiger partial charge is 0.129 e. The van der Waals surface area contributed by atoms with Gasteiger partial charge < -0.3 is 10.5 Å². The number of aldehydes is 1. The van der Waals surface area contributed by atoms with Gasteiger partial charge in [-0.2, -0.15) is 0 Å². The van der Waals surface area contributed by atoms with Crippen molar-refractivity contribution < 1.29 is 4.79 Å². The van der Waals surface area contributed by atoms with Crippen LogP contribution in [0.15, 0.2) is 24.3 Å². The zero-order valence-electron chi connectivity index (χ0n) is 8.08. The summed E-state index contributed by atoms with van der Waals surface area (Å²) in [5.41, 5.74) is 7.18. The molecule has 0 aliphatic rings. The maximum Gasteiger partial charge on any atom is 0.129 e. The van der Waals surface area contributed by atoms with E-state index in [9.17, 15) is 4.79 Å². The summed E-state index contributed by atoms with van der Waals surface area (Å²) in [5.74, 6) is 0. The monoisotopic (exact) mass is 177 g/mol. The van der Waals surface area contributed by atoms with Crippen molar-refractivity contribution in [3.8, 4) is 0 Å². The lowest BCUT2D eigenvalue weighted by Crippen LogP contribution is -2.18. The zero-order chi connectivity index (χ0) is 9.90. The van der Waals surface area contributed by atoms with E-state index < -0.39 is 5.41 Å². The average Bonchev–Trinajstić information content (AvgIpc) is 2.18. The molecule has 0 aromatic heterocycles. The molecule has 0 saturated carbocycles. The van der Waals surface area contributed by atoms with Crippen LogP contribution in [0.3, 0.4) is 0 Å². The lowest BCUT2D eigenvalue weighted by Gasteiger charge is -2.17. The number of benzene rings is 1. The first kappa shape index (κ1) is 9.93. The van der Waals surface area contributed by atoms with Gasteiger partial charge >= 0.3 is 0 Å². The SMILES string of the molecule is CC(C)(C=O)c1cccc(CN)c1. The molecule has 0 fully saturated rings. The van der Waals surface area contributed by atoms with Crippen LogP contribution in [0.1, 0.15) is 25.0 Å². The van der Waals surface area contributed by atoms with Gasteiger partial charge in [0.15, 0.2) is 0 Å². The van der Waals surface area contributed by atoms with E-state index in [1.165, 1.54) is 0 Å². The molecule has 0 amide bonds. The quantitative estimate of drug-likeness (QED) is 0.713. The van der Waals surface area contributed by atoms with E-state index in [1.807, 2.05) is 38.1 Å². The van der Waals surface area contributed by atoms with Crippen LogP contribution in [0.5, 0.6) is 0 Å². The summed E-state index contributed by atoms with van der Waals surface area (Å²) in [6.45, 7) is 4.31. The standard InChI is InChI=1S/C11H15NO/c1-11(2,8-13)10-5-3-4-9(6-10)7-12/h3-6,8H,7,12H2,1-2H3. The van der Waals surface area contributed by atoms with Gasteiger partial charge in [-0.1, -0.05) is 24.3 Å². The molecule has 0 heterocycles. The highest BCUT2D eigenvalue weighted by Crippen LogP contribution is 2.21. The molecule has 1 aromatic rings. The summed E-state index contributed by atoms with van der Waals surface area (Å²) in [5, 5.41) is 0. The van der Waals surface area contributed by atoms with Crippen LogP contribution in [-0.2, 0) is 16.8 Å². The maximum atomic E-state index is 10.8. The summed E-state index contributed by atoms with van der Waals surface area (Å²) >= 11 is 0. The second-order valence-corrected chi connectivity index (χ2v) is 3.74. The molecule has 0 saturated heterocycles. The number of hydrogen-bond acceptors (Lipinski definition) is 2. The molecule has 0 aliphatic carbocycles. The second kappa shape index (κ2) is 3.71. The van der Waals surface area contributed by atoms with Crippen molar-refractivity contribution in [3.05, 3.63) is 35.4 Å². The predicted molar refractivity (Wildman–Crippen MR) is 53.4 cm³/mol. The van der Waals surface area contributed by atoms with Gasteiger partial charge in [0.25, 0.3) is 0 Å². The lowest BCUT2D eigenvalue weighted by atomic mass is 9.85. The molecule has 0 radical (unpaired) electrons. The molecule has 2 nitrogen and oxygen atoms in total. The van der Waals surface area contributed by atoms with Gasteiger partial charge in [-0.05, 0) is 25.0 Å². The molecular weight excluding hydrogens is 162 g/mol. The van der Waals surface area contributed by atoms with Gasteiger partial charge in [-0.25, -0.2) is 0 Å². The Balaban J connectivity index is 3.08. The minimum absolute atomic E-state index is 0.412. The van der Waals surface area contributed by atoms with Gasteiger partial charge in [-0.15, -0.1) is 0 Å². The molecule has 13 heavy (non-hydrogen) atoms. The Morgan fingerprint density at radius 2 is 2.15 bits per heavy atom. The first-order valence-electron chi connectivity index (χ1n) is 4.36. The Labute approximate surface area is 78.8 Å². The van der Waals surface area contributed by atoms with E-state index in [0.29, 0.717) is 6.54 Å². The van der Waals surface area contributed by atoms with Crippen LogP contribution in [0.4, 0.5) is 0 Å². The Bertz CT molecular complexity index is 305. The van der Waals surface area contributed by atoms with Gasteiger partial charge in [0.05, 0.1) is 0 Å². The minimum Gasteiger partial charge on any atom is -0.326 e. The van der Waals surface area contributed by atoms with Gasteiger partial charge in [0.2, 0.25) is 0 Å². The number of carbonyl (C=O) groups is 1. The van der Waals surface area contributed by atoms with E-state index in [1.54, 1.807) is 0 Å². The molecule has 2 heteroatoms. The molecule has 70 valence electrons. The van der Waals surface area contributed by atoms with E-state index in [0.717, 1.165) is 17.4 Å². The third kappa shape index (κ3) is 2.16. The predicted octanol–water partition coefficient (Wildman–Crippen LogP) is 1.62. The Morgan fingerprint density at radius 1 is 1.46 bits per heavy atom. The van der Waals surface area contributed by atoms with Gasteiger partial charge in [0, 0.05) is 12.0 Å². The third-order valence-corrected chi connectivity index (χ3v) is 2.20. The number of rotatable bonds is 3. The fourth-order valence-electron chi connectivity index (χ4n) is 1.17. The second-order valence-electron chi connectivity index (χ2n) is 3.74. The Morgan fingerprint density at radius 3 is 2.69 bits per heavy atom. The van der Waals surface area contributed by atoms with Crippen LogP contribution in [0.25, 0.3) is 0 Å². The number of hydrogen-bond donors (Lipinski definition) is 1. The van der Waals surface area contributed by atoms with Gasteiger partial charge in [0.1, 0.15) is 6.29 Å². The summed E-state index contributed by atoms with van der Waals surface area (Å²) in [4.78, 5) is 10.8. The molecule has 0 spiro atoms. The highest BCUT2D eigenvalue weighted by molar-refractivity contribution is 5.67. The van der Waals surface area contributed by atoms with Crippen molar-refractivity contribution in [2.45, 2.75) is 25.8 Å². The number of nitrogens with two attached hydrogens (primary N) is 1. The zero-order valence-corrected chi connectivity index (χ0v) is 8.08. The Kier molecular flexibility index (Phi) is 2.83. The normalized spacial score (nSPS) is 11.3. The van der Waals surface area contributed by atoms with Crippen LogP contribution in [0, 0.1) is 0 Å². The van der Waals surface area contributed by atoms with Crippen molar-refractivity contribution in [3.63, 3.8) is 0 Å². The van der Waals surface area contributed by atoms with Crippen LogP contribution < -0.4 is 5.73 Å². The summed E-state index contributed by atoms with van der Waals surface area (Å²) < 4.78 is 0. The van der Waals surface area contributed by atoms with Gasteiger partial charge in [-0.3, -0.25) is 0 Å². The van der Waals surface area contributed by atoms with Crippen molar-refractivity contribution in [1.29, 1.82) is 0 Å². The first-order chi connectivity index (χ1) is 6.10. The van der Waals surface area contributed by atoms with Crippen molar-refractivity contribution in [2.24, 2.45) is 5.73 Å². The first-order valence-corrected chi connectivity index (χ1v) is 4.36. The fourth-order valence-corrected chi connectivity index (χ4v) is 1.17. The van der Waals surface area contributed by atoms with Crippen LogP contribution >= 0.6 is 0 Å². The van der Waals surface area contributed by atoms with E-state index in [2.05, 4.69) is 0 Å². The maximum absolute atomic E-state index is 10.8. The molecule has 0 aliphatic heterocycles. The molecule has 1 rings (SSSR count). The summed E-state index contributed by atoms with van der Waals surface area (Å²) in [6, 6.07) is 7.83. The van der Waals surface area contributed by atoms with Crippen molar-refractivity contribution >= 4 is 6.29 Å². The van der Waals surface area contributed by atoms with E-state index >= 15 is 0 Å². The fraction of sp³-hybridized carbons (Fsp3) is 0.364. The topological polar surface area (TPSA) is 43.1 Å². The highest BCUT2D eigenvalue weighted by Gasteiger charge is 2.18. The van der Waals surface area contributed by atoms with E-state index in [4.69, 9.17) is 5.73 Å².